The van der Waals surface area contributed by atoms with Crippen molar-refractivity contribution >= 4 is 15.7 Å². The average Bonchev–Trinajstić information content (AvgIpc) is 3.33. The molecule has 2 N–H and O–H groups in total. The molecule has 1 aromatic carbocycles. The largest absolute Gasteiger partial charge is 0.359 e. The van der Waals surface area contributed by atoms with Crippen molar-refractivity contribution in [3.05, 3.63) is 66.0 Å². The second kappa shape index (κ2) is 6.21. The van der Waals surface area contributed by atoms with E-state index in [1.54, 1.807) is 24.4 Å². The zero-order valence-corrected chi connectivity index (χ0v) is 14.4. The predicted molar refractivity (Wildman–Crippen MR) is 93.2 cm³/mol. The summed E-state index contributed by atoms with van der Waals surface area (Å²) in [5.74, 6) is -1.37. The molecule has 0 spiro atoms. The highest BCUT2D eigenvalue weighted by Gasteiger charge is 2.28. The number of hydrogen-bond acceptors (Lipinski definition) is 3. The summed E-state index contributed by atoms with van der Waals surface area (Å²) < 4.78 is 55.4. The second-order valence-corrected chi connectivity index (χ2v) is 7.88. The van der Waals surface area contributed by atoms with E-state index < -0.39 is 27.3 Å². The van der Waals surface area contributed by atoms with Crippen LogP contribution in [0.3, 0.4) is 0 Å². The van der Waals surface area contributed by atoms with E-state index in [1.807, 2.05) is 0 Å². The number of aromatic amines is 1. The minimum Gasteiger partial charge on any atom is -0.359 e. The van der Waals surface area contributed by atoms with Gasteiger partial charge in [0.05, 0.1) is 17.1 Å². The van der Waals surface area contributed by atoms with Gasteiger partial charge in [-0.15, -0.1) is 0 Å². The summed E-state index contributed by atoms with van der Waals surface area (Å²) in [6, 6.07) is 8.59. The van der Waals surface area contributed by atoms with Crippen LogP contribution in [-0.2, 0) is 10.0 Å². The highest BCUT2D eigenvalue weighted by atomic mass is 32.2. The number of halogens is 2. The van der Waals surface area contributed by atoms with Crippen LogP contribution in [0.25, 0.3) is 11.4 Å². The maximum Gasteiger partial charge on any atom is 0.263 e. The van der Waals surface area contributed by atoms with Crippen molar-refractivity contribution in [3.8, 4) is 11.4 Å². The van der Waals surface area contributed by atoms with Crippen LogP contribution in [0, 0.1) is 11.6 Å². The van der Waals surface area contributed by atoms with Crippen molar-refractivity contribution in [2.45, 2.75) is 23.7 Å². The molecular weight excluding hydrogens is 360 g/mol. The maximum absolute atomic E-state index is 14.2. The summed E-state index contributed by atoms with van der Waals surface area (Å²) in [7, 11) is -4.07. The molecule has 0 aliphatic heterocycles. The van der Waals surface area contributed by atoms with Crippen molar-refractivity contribution in [2.24, 2.45) is 0 Å². The van der Waals surface area contributed by atoms with Gasteiger partial charge < -0.3 is 4.98 Å². The van der Waals surface area contributed by atoms with Crippen molar-refractivity contribution in [1.82, 2.24) is 9.97 Å². The van der Waals surface area contributed by atoms with Crippen LogP contribution >= 0.6 is 0 Å². The van der Waals surface area contributed by atoms with Crippen LogP contribution in [0.15, 0.2) is 53.7 Å². The van der Waals surface area contributed by atoms with Gasteiger partial charge >= 0.3 is 0 Å². The van der Waals surface area contributed by atoms with E-state index >= 15 is 0 Å². The molecule has 2 heterocycles. The maximum atomic E-state index is 14.2. The normalized spacial score (nSPS) is 14.4. The van der Waals surface area contributed by atoms with Gasteiger partial charge in [0.15, 0.2) is 0 Å². The minimum atomic E-state index is -4.07. The summed E-state index contributed by atoms with van der Waals surface area (Å²) in [6.45, 7) is 0. The lowest BCUT2D eigenvalue weighted by molar-refractivity contribution is 0.586. The smallest absolute Gasteiger partial charge is 0.263 e. The monoisotopic (exact) mass is 375 g/mol. The highest BCUT2D eigenvalue weighted by molar-refractivity contribution is 7.92. The summed E-state index contributed by atoms with van der Waals surface area (Å²) >= 11 is 0. The van der Waals surface area contributed by atoms with Gasteiger partial charge in [0.25, 0.3) is 10.0 Å². The SMILES string of the molecule is O=S(=O)(Nc1cc(F)c(C2CC2)cc1F)c1c[nH]c(-c2ccccn2)c1. The molecule has 0 atom stereocenters. The average molecular weight is 375 g/mol. The number of hydrogen-bond donors (Lipinski definition) is 2. The van der Waals surface area contributed by atoms with Crippen molar-refractivity contribution in [1.29, 1.82) is 0 Å². The Morgan fingerprint density at radius 2 is 1.92 bits per heavy atom. The van der Waals surface area contributed by atoms with Crippen molar-refractivity contribution in [3.63, 3.8) is 0 Å². The molecule has 0 amide bonds. The van der Waals surface area contributed by atoms with Gasteiger partial charge in [0.2, 0.25) is 0 Å². The molecule has 4 rings (SSSR count). The van der Waals surface area contributed by atoms with E-state index in [1.165, 1.54) is 12.3 Å². The molecule has 26 heavy (non-hydrogen) atoms. The van der Waals surface area contributed by atoms with Crippen molar-refractivity contribution < 1.29 is 17.2 Å². The quantitative estimate of drug-likeness (QED) is 0.707. The van der Waals surface area contributed by atoms with Crippen LogP contribution in [0.1, 0.15) is 24.3 Å². The lowest BCUT2D eigenvalue weighted by Crippen LogP contribution is -2.14. The molecule has 1 saturated carbocycles. The van der Waals surface area contributed by atoms with Crippen LogP contribution in [-0.4, -0.2) is 18.4 Å². The van der Waals surface area contributed by atoms with E-state index in [0.29, 0.717) is 17.0 Å². The Morgan fingerprint density at radius 3 is 2.62 bits per heavy atom. The molecule has 0 unspecified atom stereocenters. The van der Waals surface area contributed by atoms with E-state index in [-0.39, 0.29) is 10.8 Å². The Kier molecular flexibility index (Phi) is 3.99. The third kappa shape index (κ3) is 3.20. The Bertz CT molecular complexity index is 1060. The number of aromatic nitrogens is 2. The summed E-state index contributed by atoms with van der Waals surface area (Å²) in [6.07, 6.45) is 4.50. The molecule has 1 aliphatic carbocycles. The number of anilines is 1. The Hall–Kier alpha value is -2.74. The lowest BCUT2D eigenvalue weighted by Gasteiger charge is -2.10. The van der Waals surface area contributed by atoms with Crippen LogP contribution in [0.4, 0.5) is 14.5 Å². The molecule has 1 aliphatic rings. The highest BCUT2D eigenvalue weighted by Crippen LogP contribution is 2.42. The number of pyridine rings is 1. The minimum absolute atomic E-state index is 0.0285. The first-order valence-corrected chi connectivity index (χ1v) is 9.54. The van der Waals surface area contributed by atoms with Crippen LogP contribution in [0.2, 0.25) is 0 Å². The Morgan fingerprint density at radius 1 is 1.12 bits per heavy atom. The van der Waals surface area contributed by atoms with Gasteiger partial charge in [0.1, 0.15) is 16.5 Å². The molecule has 3 aromatic rings. The number of benzene rings is 1. The molecule has 8 heteroatoms. The first-order valence-electron chi connectivity index (χ1n) is 8.05. The number of rotatable bonds is 5. The number of H-pyrrole nitrogens is 1. The first-order chi connectivity index (χ1) is 12.4. The molecule has 2 aromatic heterocycles. The van der Waals surface area contributed by atoms with E-state index in [4.69, 9.17) is 0 Å². The zero-order valence-electron chi connectivity index (χ0n) is 13.5. The van der Waals surface area contributed by atoms with Gasteiger partial charge in [-0.25, -0.2) is 17.2 Å². The van der Waals surface area contributed by atoms with E-state index in [0.717, 1.165) is 25.0 Å². The van der Waals surface area contributed by atoms with Gasteiger partial charge in [0, 0.05) is 18.5 Å². The molecule has 0 radical (unpaired) electrons. The first kappa shape index (κ1) is 16.7. The second-order valence-electron chi connectivity index (χ2n) is 6.20. The number of sulfonamides is 1. The van der Waals surface area contributed by atoms with Gasteiger partial charge in [-0.3, -0.25) is 9.71 Å². The summed E-state index contributed by atoms with van der Waals surface area (Å²) in [5.41, 5.74) is 0.957. The Labute approximate surface area is 149 Å². The molecule has 134 valence electrons. The topological polar surface area (TPSA) is 74.8 Å². The van der Waals surface area contributed by atoms with E-state index in [2.05, 4.69) is 14.7 Å². The van der Waals surface area contributed by atoms with Crippen LogP contribution in [0.5, 0.6) is 0 Å². The standard InChI is InChI=1S/C18H15F2N3O2S/c19-14-9-17(15(20)8-13(14)11-4-5-11)23-26(24,25)12-7-18(22-10-12)16-3-1-2-6-21-16/h1-3,6-11,22-23H,4-5H2. The van der Waals surface area contributed by atoms with Gasteiger partial charge in [-0.05, 0) is 48.6 Å². The van der Waals surface area contributed by atoms with E-state index in [9.17, 15) is 17.2 Å². The third-order valence-electron chi connectivity index (χ3n) is 4.26. The van der Waals surface area contributed by atoms with Gasteiger partial charge in [-0.2, -0.15) is 0 Å². The fraction of sp³-hybridized carbons (Fsp3) is 0.167. The molecular formula is C18H15F2N3O2S. The molecule has 0 bridgehead atoms. The van der Waals surface area contributed by atoms with Crippen molar-refractivity contribution in [2.75, 3.05) is 4.72 Å². The summed E-state index contributed by atoms with van der Waals surface area (Å²) in [5, 5.41) is 0. The fourth-order valence-electron chi connectivity index (χ4n) is 2.75. The predicted octanol–water partition coefficient (Wildman–Crippen LogP) is 4.03. The fourth-order valence-corrected chi connectivity index (χ4v) is 3.80. The molecule has 1 fully saturated rings. The van der Waals surface area contributed by atoms with Gasteiger partial charge in [-0.1, -0.05) is 6.07 Å². The number of nitrogens with zero attached hydrogens (tertiary/aromatic N) is 1. The van der Waals surface area contributed by atoms with Crippen LogP contribution < -0.4 is 4.72 Å². The third-order valence-corrected chi connectivity index (χ3v) is 5.60. The molecule has 5 nitrogen and oxygen atoms in total. The Balaban J connectivity index is 1.62. The molecule has 0 saturated heterocycles. The lowest BCUT2D eigenvalue weighted by atomic mass is 10.1. The zero-order chi connectivity index (χ0) is 18.3. The summed E-state index contributed by atoms with van der Waals surface area (Å²) in [4.78, 5) is 6.86. The number of nitrogens with one attached hydrogen (secondary N) is 2.